The van der Waals surface area contributed by atoms with Gasteiger partial charge in [-0.1, -0.05) is 6.42 Å². The van der Waals surface area contributed by atoms with Crippen LogP contribution >= 0.6 is 0 Å². The molecule has 0 amide bonds. The van der Waals surface area contributed by atoms with Gasteiger partial charge in [0.25, 0.3) is 0 Å². The van der Waals surface area contributed by atoms with E-state index in [4.69, 9.17) is 5.73 Å². The molecule has 3 aliphatic carbocycles. The van der Waals surface area contributed by atoms with Crippen molar-refractivity contribution in [3.8, 4) is 0 Å². The molecule has 15 heavy (non-hydrogen) atoms. The molecule has 84 valence electrons. The van der Waals surface area contributed by atoms with Gasteiger partial charge in [-0.25, -0.2) is 0 Å². The molecule has 3 rings (SSSR count). The van der Waals surface area contributed by atoms with E-state index < -0.39 is 0 Å². The molecule has 0 saturated heterocycles. The molecule has 0 radical (unpaired) electrons. The van der Waals surface area contributed by atoms with E-state index in [2.05, 4.69) is 10.3 Å². The second-order valence-electron chi connectivity index (χ2n) is 5.51. The van der Waals surface area contributed by atoms with Gasteiger partial charge in [-0.05, 0) is 49.9 Å². The van der Waals surface area contributed by atoms with Crippen LogP contribution in [0.5, 0.6) is 0 Å². The molecule has 2 atom stereocenters. The molecule has 3 fully saturated rings. The van der Waals surface area contributed by atoms with Crippen LogP contribution < -0.4 is 11.1 Å². The van der Waals surface area contributed by atoms with E-state index in [1.807, 2.05) is 0 Å². The molecule has 3 nitrogen and oxygen atoms in total. The predicted molar refractivity (Wildman–Crippen MR) is 61.6 cm³/mol. The van der Waals surface area contributed by atoms with E-state index in [1.54, 1.807) is 0 Å². The maximum absolute atomic E-state index is 5.86. The van der Waals surface area contributed by atoms with Gasteiger partial charge in [-0.2, -0.15) is 0 Å². The number of hydrogen-bond donors (Lipinski definition) is 2. The van der Waals surface area contributed by atoms with E-state index in [1.165, 1.54) is 38.5 Å². The van der Waals surface area contributed by atoms with E-state index in [9.17, 15) is 0 Å². The average Bonchev–Trinajstić information content (AvgIpc) is 2.93. The van der Waals surface area contributed by atoms with Gasteiger partial charge >= 0.3 is 0 Å². The van der Waals surface area contributed by atoms with Crippen molar-refractivity contribution >= 4 is 5.96 Å². The van der Waals surface area contributed by atoms with Gasteiger partial charge in [-0.3, -0.25) is 4.99 Å². The molecule has 3 heteroatoms. The van der Waals surface area contributed by atoms with E-state index in [0.717, 1.165) is 24.3 Å². The summed E-state index contributed by atoms with van der Waals surface area (Å²) in [6, 6.07) is 0.655. The van der Waals surface area contributed by atoms with Gasteiger partial charge in [0.1, 0.15) is 0 Å². The summed E-state index contributed by atoms with van der Waals surface area (Å²) < 4.78 is 0. The minimum atomic E-state index is 0.655. The highest BCUT2D eigenvalue weighted by Crippen LogP contribution is 2.49. The zero-order chi connectivity index (χ0) is 10.3. The average molecular weight is 207 g/mol. The number of hydrogen-bond acceptors (Lipinski definition) is 1. The molecule has 0 aliphatic heterocycles. The summed E-state index contributed by atoms with van der Waals surface area (Å²) in [5.41, 5.74) is 5.86. The van der Waals surface area contributed by atoms with Crippen molar-refractivity contribution in [1.29, 1.82) is 0 Å². The minimum Gasteiger partial charge on any atom is -0.370 e. The fourth-order valence-corrected chi connectivity index (χ4v) is 2.56. The Balaban J connectivity index is 1.38. The molecule has 0 heterocycles. The van der Waals surface area contributed by atoms with Gasteiger partial charge in [0.2, 0.25) is 0 Å². The highest BCUT2D eigenvalue weighted by Gasteiger charge is 2.47. The monoisotopic (exact) mass is 207 g/mol. The Hall–Kier alpha value is -0.730. The second kappa shape index (κ2) is 3.69. The van der Waals surface area contributed by atoms with Crippen molar-refractivity contribution in [3.05, 3.63) is 0 Å². The van der Waals surface area contributed by atoms with Crippen LogP contribution in [0.15, 0.2) is 4.99 Å². The summed E-state index contributed by atoms with van der Waals surface area (Å²) in [6.07, 6.45) is 8.31. The van der Waals surface area contributed by atoms with Crippen LogP contribution in [0.25, 0.3) is 0 Å². The number of guanidine groups is 1. The molecule has 0 aromatic rings. The molecule has 0 aromatic carbocycles. The topological polar surface area (TPSA) is 50.4 Å². The smallest absolute Gasteiger partial charge is 0.188 e. The molecule has 0 spiro atoms. The Kier molecular flexibility index (Phi) is 2.33. The maximum Gasteiger partial charge on any atom is 0.188 e. The highest BCUT2D eigenvalue weighted by molar-refractivity contribution is 5.78. The normalized spacial score (nSPS) is 36.1. The van der Waals surface area contributed by atoms with E-state index >= 15 is 0 Å². The first-order valence-corrected chi connectivity index (χ1v) is 6.39. The van der Waals surface area contributed by atoms with Gasteiger partial charge in [-0.15, -0.1) is 0 Å². The van der Waals surface area contributed by atoms with Crippen molar-refractivity contribution in [2.45, 2.75) is 44.6 Å². The van der Waals surface area contributed by atoms with E-state index in [0.29, 0.717) is 12.0 Å². The zero-order valence-corrected chi connectivity index (χ0v) is 9.28. The van der Waals surface area contributed by atoms with E-state index in [-0.39, 0.29) is 0 Å². The fourth-order valence-electron chi connectivity index (χ4n) is 2.56. The summed E-state index contributed by atoms with van der Waals surface area (Å²) in [4.78, 5) is 4.42. The molecule has 3 aliphatic rings. The Morgan fingerprint density at radius 1 is 1.27 bits per heavy atom. The van der Waals surface area contributed by atoms with Crippen molar-refractivity contribution in [2.24, 2.45) is 28.5 Å². The fraction of sp³-hybridized carbons (Fsp3) is 0.917. The van der Waals surface area contributed by atoms with Crippen molar-refractivity contribution in [2.75, 3.05) is 6.54 Å². The second-order valence-corrected chi connectivity index (χ2v) is 5.51. The summed E-state index contributed by atoms with van der Waals surface area (Å²) in [5, 5.41) is 3.36. The molecule has 0 aromatic heterocycles. The van der Waals surface area contributed by atoms with Gasteiger partial charge in [0.05, 0.1) is 0 Å². The number of nitrogens with one attached hydrogen (secondary N) is 1. The molecule has 0 bridgehead atoms. The Labute approximate surface area is 91.5 Å². The van der Waals surface area contributed by atoms with Crippen LogP contribution in [0.2, 0.25) is 0 Å². The number of nitrogens with zero attached hydrogens (tertiary/aromatic N) is 1. The summed E-state index contributed by atoms with van der Waals surface area (Å²) in [6.45, 7) is 0.944. The molecule has 3 saturated carbocycles. The van der Waals surface area contributed by atoms with Crippen LogP contribution in [0.3, 0.4) is 0 Å². The first-order valence-electron chi connectivity index (χ1n) is 6.39. The third-order valence-corrected chi connectivity index (χ3v) is 4.15. The number of rotatable bonds is 4. The molecular weight excluding hydrogens is 186 g/mol. The first-order chi connectivity index (χ1) is 7.33. The predicted octanol–water partition coefficient (Wildman–Crippen LogP) is 1.49. The Morgan fingerprint density at radius 3 is 2.67 bits per heavy atom. The molecule has 0 unspecified atom stereocenters. The molecular formula is C12H21N3. The van der Waals surface area contributed by atoms with Crippen LogP contribution in [0, 0.1) is 17.8 Å². The lowest BCUT2D eigenvalue weighted by Crippen LogP contribution is -2.35. The SMILES string of the molecule is NC(=NCC1CCC1)N[C@@H]1C[C@H]1C1CC1. The van der Waals surface area contributed by atoms with Crippen molar-refractivity contribution in [1.82, 2.24) is 5.32 Å². The largest absolute Gasteiger partial charge is 0.370 e. The van der Waals surface area contributed by atoms with Crippen molar-refractivity contribution in [3.63, 3.8) is 0 Å². The van der Waals surface area contributed by atoms with Crippen LogP contribution in [0.4, 0.5) is 0 Å². The quantitative estimate of drug-likeness (QED) is 0.542. The Bertz CT molecular complexity index is 266. The lowest BCUT2D eigenvalue weighted by Gasteiger charge is -2.23. The Morgan fingerprint density at radius 2 is 2.07 bits per heavy atom. The van der Waals surface area contributed by atoms with Crippen LogP contribution in [-0.2, 0) is 0 Å². The van der Waals surface area contributed by atoms with Gasteiger partial charge < -0.3 is 11.1 Å². The third kappa shape index (κ3) is 2.27. The number of nitrogens with two attached hydrogens (primary N) is 1. The summed E-state index contributed by atoms with van der Waals surface area (Å²) in [7, 11) is 0. The first kappa shape index (κ1) is 9.49. The summed E-state index contributed by atoms with van der Waals surface area (Å²) >= 11 is 0. The van der Waals surface area contributed by atoms with Gasteiger partial charge in [0.15, 0.2) is 5.96 Å². The lowest BCUT2D eigenvalue weighted by atomic mass is 9.86. The maximum atomic E-state index is 5.86. The van der Waals surface area contributed by atoms with Crippen molar-refractivity contribution < 1.29 is 0 Å². The van der Waals surface area contributed by atoms with Gasteiger partial charge in [0, 0.05) is 12.6 Å². The minimum absolute atomic E-state index is 0.655. The van der Waals surface area contributed by atoms with Crippen LogP contribution in [-0.4, -0.2) is 18.5 Å². The highest BCUT2D eigenvalue weighted by atomic mass is 15.1. The lowest BCUT2D eigenvalue weighted by molar-refractivity contribution is 0.326. The third-order valence-electron chi connectivity index (χ3n) is 4.15. The standard InChI is InChI=1S/C12H21N3/c13-12(14-7-8-2-1-3-8)15-11-6-10(11)9-4-5-9/h8-11H,1-7H2,(H3,13,14,15)/t10-,11+/m0/s1. The molecule has 3 N–H and O–H groups in total. The number of aliphatic imine (C=N–C) groups is 1. The zero-order valence-electron chi connectivity index (χ0n) is 9.28. The van der Waals surface area contributed by atoms with Crippen LogP contribution in [0.1, 0.15) is 38.5 Å². The summed E-state index contributed by atoms with van der Waals surface area (Å²) in [5.74, 6) is 3.45.